The smallest absolute Gasteiger partial charge is 0.338 e. The molecule has 0 radical (unpaired) electrons. The molecule has 2 amide bonds. The molecule has 1 atom stereocenters. The minimum Gasteiger partial charge on any atom is -0.462 e. The van der Waals surface area contributed by atoms with Gasteiger partial charge in [-0.3, -0.25) is 19.5 Å². The Balaban J connectivity index is 1.62. The monoisotopic (exact) mass is 542 g/mol. The predicted octanol–water partition coefficient (Wildman–Crippen LogP) is 4.26. The maximum atomic E-state index is 13.3. The number of methoxy groups -OCH3 is 1. The lowest BCUT2D eigenvalue weighted by molar-refractivity contribution is -0.119. The Labute approximate surface area is 234 Å². The van der Waals surface area contributed by atoms with Crippen LogP contribution in [0.3, 0.4) is 0 Å². The fourth-order valence-electron chi connectivity index (χ4n) is 4.48. The molecule has 40 heavy (non-hydrogen) atoms. The van der Waals surface area contributed by atoms with E-state index in [1.165, 1.54) is 0 Å². The highest BCUT2D eigenvalue weighted by Gasteiger charge is 2.36. The van der Waals surface area contributed by atoms with Crippen LogP contribution in [0, 0.1) is 0 Å². The van der Waals surface area contributed by atoms with Crippen molar-refractivity contribution in [1.29, 1.82) is 0 Å². The number of amides is 2. The second kappa shape index (κ2) is 13.1. The van der Waals surface area contributed by atoms with Crippen molar-refractivity contribution in [2.45, 2.75) is 12.8 Å². The number of aliphatic imine (C=N–C) groups is 1. The summed E-state index contributed by atoms with van der Waals surface area (Å²) in [5.41, 5.74) is 4.44. The topological polar surface area (TPSA) is 101 Å². The third-order valence-corrected chi connectivity index (χ3v) is 6.68. The van der Waals surface area contributed by atoms with E-state index in [2.05, 4.69) is 5.32 Å². The van der Waals surface area contributed by atoms with Gasteiger partial charge < -0.3 is 19.7 Å². The molecule has 0 fully saturated rings. The number of carbonyl (C=O) groups is 3. The van der Waals surface area contributed by atoms with Gasteiger partial charge in [-0.2, -0.15) is 0 Å². The molecule has 0 spiro atoms. The fourth-order valence-corrected chi connectivity index (χ4v) is 4.48. The number of ether oxygens (including phenoxy) is 2. The lowest BCUT2D eigenvalue weighted by Crippen LogP contribution is -2.37. The number of anilines is 2. The molecule has 1 heterocycles. The molecule has 4 rings (SSSR count). The first-order chi connectivity index (χ1) is 19.3. The molecule has 0 saturated carbocycles. The van der Waals surface area contributed by atoms with E-state index in [0.717, 1.165) is 16.8 Å². The average molecular weight is 543 g/mol. The SMILES string of the molecule is CCOC(=O)c1ccc2c(c1)NC(=O)C2C(=Nc1ccc(N(C)C(=O)CN(C)CCOC)cc1)c1ccccc1. The quantitative estimate of drug-likeness (QED) is 0.287. The Bertz CT molecular complexity index is 1390. The molecule has 0 aromatic heterocycles. The normalized spacial score (nSPS) is 14.6. The maximum absolute atomic E-state index is 13.3. The summed E-state index contributed by atoms with van der Waals surface area (Å²) in [7, 11) is 5.25. The number of likely N-dealkylation sites (N-methyl/N-ethyl adjacent to an activating group) is 2. The van der Waals surface area contributed by atoms with E-state index in [4.69, 9.17) is 14.5 Å². The van der Waals surface area contributed by atoms with E-state index < -0.39 is 11.9 Å². The number of hydrogen-bond acceptors (Lipinski definition) is 7. The van der Waals surface area contributed by atoms with Crippen molar-refractivity contribution in [3.8, 4) is 0 Å². The highest BCUT2D eigenvalue weighted by molar-refractivity contribution is 6.24. The predicted molar refractivity (Wildman–Crippen MR) is 156 cm³/mol. The average Bonchev–Trinajstić information content (AvgIpc) is 3.29. The van der Waals surface area contributed by atoms with E-state index in [1.807, 2.05) is 66.5 Å². The first kappa shape index (κ1) is 28.7. The standard InChI is InChI=1S/C31H34N4O5/c1-5-40-31(38)22-11-16-25-26(19-22)33-30(37)28(25)29(21-9-7-6-8-10-21)32-23-12-14-24(15-13-23)35(3)27(36)20-34(2)17-18-39-4/h6-16,19,28H,5,17-18,20H2,1-4H3,(H,33,37). The summed E-state index contributed by atoms with van der Waals surface area (Å²) in [5.74, 6) is -1.37. The highest BCUT2D eigenvalue weighted by atomic mass is 16.5. The number of esters is 1. The zero-order chi connectivity index (χ0) is 28.6. The molecule has 9 nitrogen and oxygen atoms in total. The molecule has 1 aliphatic rings. The van der Waals surface area contributed by atoms with Crippen LogP contribution in [-0.2, 0) is 19.1 Å². The molecule has 3 aromatic rings. The summed E-state index contributed by atoms with van der Waals surface area (Å²) in [6.45, 7) is 3.50. The molecular weight excluding hydrogens is 508 g/mol. The Kier molecular flexibility index (Phi) is 9.42. The van der Waals surface area contributed by atoms with Crippen molar-refractivity contribution in [2.24, 2.45) is 4.99 Å². The van der Waals surface area contributed by atoms with Crippen molar-refractivity contribution in [1.82, 2.24) is 4.90 Å². The Morgan fingerprint density at radius 1 is 0.975 bits per heavy atom. The van der Waals surface area contributed by atoms with Gasteiger partial charge in [-0.25, -0.2) is 4.79 Å². The first-order valence-corrected chi connectivity index (χ1v) is 13.1. The van der Waals surface area contributed by atoms with Gasteiger partial charge in [0.1, 0.15) is 5.92 Å². The first-order valence-electron chi connectivity index (χ1n) is 13.1. The number of hydrogen-bond donors (Lipinski definition) is 1. The summed E-state index contributed by atoms with van der Waals surface area (Å²) in [6, 6.07) is 21.9. The maximum Gasteiger partial charge on any atom is 0.338 e. The molecule has 3 aromatic carbocycles. The zero-order valence-electron chi connectivity index (χ0n) is 23.2. The van der Waals surface area contributed by atoms with Gasteiger partial charge in [0.05, 0.1) is 36.7 Å². The van der Waals surface area contributed by atoms with E-state index in [1.54, 1.807) is 44.2 Å². The van der Waals surface area contributed by atoms with Crippen molar-refractivity contribution in [2.75, 3.05) is 57.7 Å². The highest BCUT2D eigenvalue weighted by Crippen LogP contribution is 2.37. The Morgan fingerprint density at radius 2 is 1.70 bits per heavy atom. The summed E-state index contributed by atoms with van der Waals surface area (Å²) in [6.07, 6.45) is 0. The van der Waals surface area contributed by atoms with Gasteiger partial charge in [-0.15, -0.1) is 0 Å². The number of benzene rings is 3. The summed E-state index contributed by atoms with van der Waals surface area (Å²) >= 11 is 0. The molecule has 0 bridgehead atoms. The summed E-state index contributed by atoms with van der Waals surface area (Å²) in [5, 5.41) is 2.90. The number of nitrogens with one attached hydrogen (secondary N) is 1. The van der Waals surface area contributed by atoms with E-state index in [0.29, 0.717) is 35.8 Å². The van der Waals surface area contributed by atoms with Gasteiger partial charge in [-0.05, 0) is 61.5 Å². The third-order valence-electron chi connectivity index (χ3n) is 6.68. The van der Waals surface area contributed by atoms with Gasteiger partial charge in [-0.1, -0.05) is 36.4 Å². The molecule has 0 aliphatic carbocycles. The Morgan fingerprint density at radius 3 is 2.38 bits per heavy atom. The second-order valence-corrected chi connectivity index (χ2v) is 9.51. The van der Waals surface area contributed by atoms with Crippen molar-refractivity contribution < 1.29 is 23.9 Å². The van der Waals surface area contributed by atoms with E-state index in [9.17, 15) is 14.4 Å². The van der Waals surface area contributed by atoms with Gasteiger partial charge in [0.25, 0.3) is 0 Å². The molecular formula is C31H34N4O5. The van der Waals surface area contributed by atoms with Crippen LogP contribution >= 0.6 is 0 Å². The minimum absolute atomic E-state index is 0.0405. The lowest BCUT2D eigenvalue weighted by atomic mass is 9.90. The van der Waals surface area contributed by atoms with Crippen LogP contribution in [0.4, 0.5) is 17.1 Å². The van der Waals surface area contributed by atoms with Gasteiger partial charge >= 0.3 is 5.97 Å². The number of nitrogens with zero attached hydrogens (tertiary/aromatic N) is 3. The van der Waals surface area contributed by atoms with Crippen molar-refractivity contribution >= 4 is 40.6 Å². The molecule has 9 heteroatoms. The van der Waals surface area contributed by atoms with Crippen LogP contribution < -0.4 is 10.2 Å². The van der Waals surface area contributed by atoms with Crippen LogP contribution in [0.5, 0.6) is 0 Å². The second-order valence-electron chi connectivity index (χ2n) is 9.51. The van der Waals surface area contributed by atoms with Crippen LogP contribution in [-0.4, -0.2) is 75.9 Å². The van der Waals surface area contributed by atoms with Gasteiger partial charge in [0.2, 0.25) is 11.8 Å². The van der Waals surface area contributed by atoms with Gasteiger partial charge in [0, 0.05) is 32.1 Å². The van der Waals surface area contributed by atoms with Gasteiger partial charge in [0.15, 0.2) is 0 Å². The fraction of sp³-hybridized carbons (Fsp3) is 0.290. The van der Waals surface area contributed by atoms with Crippen molar-refractivity contribution in [3.05, 3.63) is 89.5 Å². The number of rotatable bonds is 11. The summed E-state index contributed by atoms with van der Waals surface area (Å²) in [4.78, 5) is 46.6. The minimum atomic E-state index is -0.666. The van der Waals surface area contributed by atoms with Crippen molar-refractivity contribution in [3.63, 3.8) is 0 Å². The summed E-state index contributed by atoms with van der Waals surface area (Å²) < 4.78 is 10.2. The largest absolute Gasteiger partial charge is 0.462 e. The Hall–Kier alpha value is -4.34. The molecule has 208 valence electrons. The van der Waals surface area contributed by atoms with Crippen LogP contribution in [0.1, 0.15) is 34.3 Å². The van der Waals surface area contributed by atoms with E-state index in [-0.39, 0.29) is 25.0 Å². The third kappa shape index (κ3) is 6.62. The lowest BCUT2D eigenvalue weighted by Gasteiger charge is -2.22. The molecule has 0 saturated heterocycles. The molecule has 1 unspecified atom stereocenters. The molecule has 1 N–H and O–H groups in total. The molecule has 1 aliphatic heterocycles. The van der Waals surface area contributed by atoms with Crippen LogP contribution in [0.15, 0.2) is 77.8 Å². The van der Waals surface area contributed by atoms with E-state index >= 15 is 0 Å². The number of carbonyl (C=O) groups excluding carboxylic acids is 3. The van der Waals surface area contributed by atoms with Crippen LogP contribution in [0.25, 0.3) is 0 Å². The zero-order valence-corrected chi connectivity index (χ0v) is 23.2. The van der Waals surface area contributed by atoms with Crippen LogP contribution in [0.2, 0.25) is 0 Å². The number of fused-ring (bicyclic) bond motifs is 1.